The molecular formula is C24H24ClFN4O2. The van der Waals surface area contributed by atoms with Gasteiger partial charge in [0.2, 0.25) is 11.8 Å². The summed E-state index contributed by atoms with van der Waals surface area (Å²) in [5.74, 6) is -0.688. The number of nitrogens with zero attached hydrogens (tertiary/aromatic N) is 3. The van der Waals surface area contributed by atoms with Crippen LogP contribution in [0, 0.1) is 17.1 Å². The average Bonchev–Trinajstić information content (AvgIpc) is 2.74. The molecule has 2 amide bonds. The molecule has 1 aliphatic rings. The quantitative estimate of drug-likeness (QED) is 0.691. The second-order valence-electron chi connectivity index (χ2n) is 7.79. The largest absolute Gasteiger partial charge is 0.334 e. The van der Waals surface area contributed by atoms with Crippen LogP contribution < -0.4 is 5.32 Å². The second-order valence-corrected chi connectivity index (χ2v) is 8.20. The normalized spacial score (nSPS) is 16.7. The number of carbonyl (C=O) groups excluding carboxylic acids is 2. The lowest BCUT2D eigenvalue weighted by atomic mass is 10.1. The van der Waals surface area contributed by atoms with Gasteiger partial charge in [-0.25, -0.2) is 4.39 Å². The molecule has 0 spiro atoms. The van der Waals surface area contributed by atoms with Crippen molar-refractivity contribution in [1.82, 2.24) is 9.80 Å². The van der Waals surface area contributed by atoms with Gasteiger partial charge in [0, 0.05) is 50.9 Å². The number of nitriles is 1. The van der Waals surface area contributed by atoms with E-state index >= 15 is 0 Å². The lowest BCUT2D eigenvalue weighted by molar-refractivity contribution is -0.130. The highest BCUT2D eigenvalue weighted by Gasteiger charge is 2.26. The van der Waals surface area contributed by atoms with Crippen LogP contribution in [-0.2, 0) is 16.1 Å². The van der Waals surface area contributed by atoms with E-state index in [0.29, 0.717) is 37.4 Å². The average molecular weight is 455 g/mol. The molecule has 1 saturated heterocycles. The fraction of sp³-hybridized carbons (Fsp3) is 0.292. The van der Waals surface area contributed by atoms with Crippen LogP contribution in [0.1, 0.15) is 30.5 Å². The first kappa shape index (κ1) is 23.5. The highest BCUT2D eigenvalue weighted by Crippen LogP contribution is 2.26. The lowest BCUT2D eigenvalue weighted by Gasteiger charge is -2.39. The van der Waals surface area contributed by atoms with Crippen LogP contribution in [0.5, 0.6) is 0 Å². The van der Waals surface area contributed by atoms with Gasteiger partial charge in [-0.3, -0.25) is 14.5 Å². The van der Waals surface area contributed by atoms with E-state index in [4.69, 9.17) is 11.6 Å². The lowest BCUT2D eigenvalue weighted by Crippen LogP contribution is -2.53. The zero-order valence-corrected chi connectivity index (χ0v) is 18.7. The highest BCUT2D eigenvalue weighted by molar-refractivity contribution is 6.32. The molecule has 32 heavy (non-hydrogen) atoms. The minimum Gasteiger partial charge on any atom is -0.334 e. The van der Waals surface area contributed by atoms with Gasteiger partial charge in [-0.15, -0.1) is 0 Å². The topological polar surface area (TPSA) is 76.4 Å². The molecule has 1 unspecified atom stereocenters. The Morgan fingerprint density at radius 2 is 2.00 bits per heavy atom. The van der Waals surface area contributed by atoms with E-state index in [9.17, 15) is 19.2 Å². The monoisotopic (exact) mass is 454 g/mol. The molecule has 1 heterocycles. The van der Waals surface area contributed by atoms with Gasteiger partial charge >= 0.3 is 0 Å². The summed E-state index contributed by atoms with van der Waals surface area (Å²) < 4.78 is 13.1. The Morgan fingerprint density at radius 3 is 2.62 bits per heavy atom. The van der Waals surface area contributed by atoms with Crippen LogP contribution in [0.3, 0.4) is 0 Å². The fourth-order valence-corrected chi connectivity index (χ4v) is 3.93. The molecular weight excluding hydrogens is 431 g/mol. The van der Waals surface area contributed by atoms with E-state index < -0.39 is 0 Å². The Balaban J connectivity index is 1.68. The smallest absolute Gasteiger partial charge is 0.246 e. The van der Waals surface area contributed by atoms with E-state index in [1.165, 1.54) is 31.2 Å². The van der Waals surface area contributed by atoms with Crippen molar-refractivity contribution in [2.24, 2.45) is 0 Å². The summed E-state index contributed by atoms with van der Waals surface area (Å²) in [6, 6.07) is 11.5. The van der Waals surface area contributed by atoms with Crippen LogP contribution in [0.4, 0.5) is 10.1 Å². The number of amides is 2. The number of hydrogen-bond donors (Lipinski definition) is 1. The van der Waals surface area contributed by atoms with Crippen molar-refractivity contribution in [3.8, 4) is 6.07 Å². The summed E-state index contributed by atoms with van der Waals surface area (Å²) in [4.78, 5) is 28.4. The Kier molecular flexibility index (Phi) is 7.62. The number of rotatable bonds is 5. The van der Waals surface area contributed by atoms with Crippen LogP contribution in [-0.4, -0.2) is 47.3 Å². The van der Waals surface area contributed by atoms with Crippen molar-refractivity contribution in [1.29, 1.82) is 5.26 Å². The highest BCUT2D eigenvalue weighted by atomic mass is 35.5. The predicted molar refractivity (Wildman–Crippen MR) is 122 cm³/mol. The first-order valence-corrected chi connectivity index (χ1v) is 10.6. The molecule has 1 fully saturated rings. The second kappa shape index (κ2) is 10.4. The van der Waals surface area contributed by atoms with Gasteiger partial charge in [-0.2, -0.15) is 5.26 Å². The van der Waals surface area contributed by atoms with Crippen molar-refractivity contribution in [3.63, 3.8) is 0 Å². The third kappa shape index (κ3) is 5.94. The van der Waals surface area contributed by atoms with Crippen LogP contribution in [0.15, 0.2) is 42.5 Å². The molecule has 2 aromatic rings. The van der Waals surface area contributed by atoms with Gasteiger partial charge in [0.05, 0.1) is 10.6 Å². The summed E-state index contributed by atoms with van der Waals surface area (Å²) >= 11 is 6.07. The number of piperazine rings is 1. The third-order valence-electron chi connectivity index (χ3n) is 5.29. The van der Waals surface area contributed by atoms with Crippen molar-refractivity contribution in [2.75, 3.05) is 25.0 Å². The molecule has 1 aliphatic heterocycles. The first-order valence-electron chi connectivity index (χ1n) is 10.2. The predicted octanol–water partition coefficient (Wildman–Crippen LogP) is 4.06. The molecule has 0 aliphatic carbocycles. The van der Waals surface area contributed by atoms with E-state index in [0.717, 1.165) is 5.56 Å². The molecule has 166 valence electrons. The summed E-state index contributed by atoms with van der Waals surface area (Å²) in [5.41, 5.74) is 2.25. The molecule has 2 aromatic carbocycles. The Hall–Kier alpha value is -3.21. The van der Waals surface area contributed by atoms with Crippen molar-refractivity contribution in [3.05, 3.63) is 70.0 Å². The first-order chi connectivity index (χ1) is 15.3. The van der Waals surface area contributed by atoms with Gasteiger partial charge in [-0.05, 0) is 48.4 Å². The number of hydrogen-bond acceptors (Lipinski definition) is 4. The Bertz CT molecular complexity index is 1080. The van der Waals surface area contributed by atoms with Gasteiger partial charge in [0.25, 0.3) is 0 Å². The molecule has 3 rings (SSSR count). The minimum absolute atomic E-state index is 0.00366. The maximum Gasteiger partial charge on any atom is 0.246 e. The SMILES string of the molecule is CC(=O)Nc1cc(Cl)c(C#N)cc1C=CC(=O)N1CCN(Cc2ccc(F)cc2)CC1C. The zero-order valence-electron chi connectivity index (χ0n) is 17.9. The molecule has 0 radical (unpaired) electrons. The fourth-order valence-electron chi connectivity index (χ4n) is 3.72. The number of nitrogens with one attached hydrogen (secondary N) is 1. The summed E-state index contributed by atoms with van der Waals surface area (Å²) in [5, 5.41) is 12.1. The minimum atomic E-state index is -0.280. The Morgan fingerprint density at radius 1 is 1.28 bits per heavy atom. The third-order valence-corrected chi connectivity index (χ3v) is 5.60. The van der Waals surface area contributed by atoms with Crippen LogP contribution in [0.25, 0.3) is 6.08 Å². The van der Waals surface area contributed by atoms with Crippen molar-refractivity contribution in [2.45, 2.75) is 26.4 Å². The standard InChI is InChI=1S/C24H24ClFN4O2/c1-16-14-29(15-18-3-6-21(26)7-4-18)9-10-30(16)24(32)8-5-19-11-20(13-27)22(25)12-23(19)28-17(2)31/h3-8,11-12,16H,9-10,14-15H2,1-2H3,(H,28,31). The van der Waals surface area contributed by atoms with Crippen LogP contribution in [0.2, 0.25) is 5.02 Å². The zero-order chi connectivity index (χ0) is 23.3. The van der Waals surface area contributed by atoms with Gasteiger partial charge in [0.15, 0.2) is 0 Å². The number of carbonyl (C=O) groups is 2. The van der Waals surface area contributed by atoms with Crippen LogP contribution >= 0.6 is 11.6 Å². The molecule has 1 N–H and O–H groups in total. The van der Waals surface area contributed by atoms with Gasteiger partial charge in [0.1, 0.15) is 11.9 Å². The molecule has 1 atom stereocenters. The maximum atomic E-state index is 13.1. The maximum absolute atomic E-state index is 13.1. The molecule has 8 heteroatoms. The van der Waals surface area contributed by atoms with E-state index in [2.05, 4.69) is 10.2 Å². The van der Waals surface area contributed by atoms with E-state index in [-0.39, 0.29) is 34.3 Å². The number of benzene rings is 2. The summed E-state index contributed by atoms with van der Waals surface area (Å²) in [6.45, 7) is 6.03. The van der Waals surface area contributed by atoms with Crippen molar-refractivity contribution < 1.29 is 14.0 Å². The molecule has 0 saturated carbocycles. The summed E-state index contributed by atoms with van der Waals surface area (Å²) in [6.07, 6.45) is 3.03. The van der Waals surface area contributed by atoms with Gasteiger partial charge < -0.3 is 10.2 Å². The molecule has 0 bridgehead atoms. The molecule has 0 aromatic heterocycles. The number of halogens is 2. The van der Waals surface area contributed by atoms with Gasteiger partial charge in [-0.1, -0.05) is 23.7 Å². The number of anilines is 1. The van der Waals surface area contributed by atoms with E-state index in [1.807, 2.05) is 13.0 Å². The van der Waals surface area contributed by atoms with Crippen molar-refractivity contribution >= 4 is 35.2 Å². The van der Waals surface area contributed by atoms with E-state index in [1.54, 1.807) is 29.2 Å². The summed E-state index contributed by atoms with van der Waals surface area (Å²) in [7, 11) is 0. The molecule has 6 nitrogen and oxygen atoms in total. The Labute approximate surface area is 191 Å².